The van der Waals surface area contributed by atoms with E-state index in [9.17, 15) is 5.11 Å². The number of hydrogen-bond acceptors (Lipinski definition) is 4. The fraction of sp³-hybridized carbons (Fsp3) is 0.533. The summed E-state index contributed by atoms with van der Waals surface area (Å²) in [7, 11) is 3.90. The molecule has 1 aromatic rings. The third kappa shape index (κ3) is 3.47. The normalized spacial score (nSPS) is 23.7. The van der Waals surface area contributed by atoms with Gasteiger partial charge in [-0.05, 0) is 25.0 Å². The predicted octanol–water partition coefficient (Wildman–Crippen LogP) is 2.15. The third-order valence-electron chi connectivity index (χ3n) is 3.72. The van der Waals surface area contributed by atoms with Gasteiger partial charge in [0.05, 0.1) is 6.04 Å². The molecule has 4 heteroatoms. The molecular formula is C15H23N3O. The lowest BCUT2D eigenvalue weighted by atomic mass is 9.91. The topological polar surface area (TPSA) is 61.8 Å². The molecule has 0 amide bonds. The number of nitrogens with two attached hydrogens (primary N) is 1. The zero-order chi connectivity index (χ0) is 13.8. The van der Waals surface area contributed by atoms with Crippen molar-refractivity contribution in [2.75, 3.05) is 19.0 Å². The summed E-state index contributed by atoms with van der Waals surface area (Å²) < 4.78 is 0. The molecule has 0 unspecified atom stereocenters. The van der Waals surface area contributed by atoms with Gasteiger partial charge in [-0.25, -0.2) is 0 Å². The minimum absolute atomic E-state index is 0.160. The number of benzene rings is 1. The first-order chi connectivity index (χ1) is 9.08. The maximum atomic E-state index is 9.99. The molecule has 2 rings (SSSR count). The highest BCUT2D eigenvalue weighted by Gasteiger charge is 2.20. The Morgan fingerprint density at radius 2 is 2.05 bits per heavy atom. The van der Waals surface area contributed by atoms with Gasteiger partial charge < -0.3 is 15.7 Å². The molecule has 0 aliphatic heterocycles. The average Bonchev–Trinajstić information content (AvgIpc) is 2.39. The Labute approximate surface area is 114 Å². The van der Waals surface area contributed by atoms with E-state index in [1.54, 1.807) is 12.3 Å². The van der Waals surface area contributed by atoms with E-state index in [0.29, 0.717) is 0 Å². The number of aliphatic imine (C=N–C) groups is 1. The largest absolute Gasteiger partial charge is 0.507 e. The molecular weight excluding hydrogens is 238 g/mol. The summed E-state index contributed by atoms with van der Waals surface area (Å²) in [5, 5.41) is 9.99. The minimum Gasteiger partial charge on any atom is -0.507 e. The van der Waals surface area contributed by atoms with Crippen LogP contribution >= 0.6 is 0 Å². The van der Waals surface area contributed by atoms with Gasteiger partial charge in [0.25, 0.3) is 0 Å². The predicted molar refractivity (Wildman–Crippen MR) is 80.3 cm³/mol. The number of hydrogen-bond donors (Lipinski definition) is 2. The van der Waals surface area contributed by atoms with Crippen LogP contribution in [0.1, 0.15) is 31.2 Å². The Morgan fingerprint density at radius 3 is 2.68 bits per heavy atom. The van der Waals surface area contributed by atoms with Crippen LogP contribution in [-0.4, -0.2) is 37.5 Å². The summed E-state index contributed by atoms with van der Waals surface area (Å²) in [5.41, 5.74) is 7.79. The van der Waals surface area contributed by atoms with Crippen molar-refractivity contribution in [3.63, 3.8) is 0 Å². The lowest BCUT2D eigenvalue weighted by molar-refractivity contribution is 0.387. The van der Waals surface area contributed by atoms with Gasteiger partial charge in [-0.15, -0.1) is 0 Å². The van der Waals surface area contributed by atoms with E-state index in [2.05, 4.69) is 4.99 Å². The van der Waals surface area contributed by atoms with E-state index in [4.69, 9.17) is 5.73 Å². The number of nitrogens with zero attached hydrogens (tertiary/aromatic N) is 2. The molecule has 1 fully saturated rings. The van der Waals surface area contributed by atoms with E-state index in [-0.39, 0.29) is 17.8 Å². The molecule has 0 radical (unpaired) electrons. The Bertz CT molecular complexity index is 457. The fourth-order valence-corrected chi connectivity index (χ4v) is 2.42. The summed E-state index contributed by atoms with van der Waals surface area (Å²) in [6.07, 6.45) is 6.25. The van der Waals surface area contributed by atoms with Crippen molar-refractivity contribution in [3.8, 4) is 5.75 Å². The van der Waals surface area contributed by atoms with Crippen molar-refractivity contribution in [3.05, 3.63) is 23.8 Å². The van der Waals surface area contributed by atoms with Gasteiger partial charge >= 0.3 is 0 Å². The highest BCUT2D eigenvalue weighted by molar-refractivity contribution is 5.84. The Morgan fingerprint density at radius 1 is 1.32 bits per heavy atom. The van der Waals surface area contributed by atoms with Crippen molar-refractivity contribution in [1.29, 1.82) is 0 Å². The molecule has 19 heavy (non-hydrogen) atoms. The first kappa shape index (κ1) is 13.9. The van der Waals surface area contributed by atoms with E-state index in [1.807, 2.05) is 31.1 Å². The molecule has 1 aliphatic carbocycles. The van der Waals surface area contributed by atoms with Crippen molar-refractivity contribution < 1.29 is 5.11 Å². The number of rotatable bonds is 3. The zero-order valence-corrected chi connectivity index (χ0v) is 11.7. The van der Waals surface area contributed by atoms with E-state index in [1.165, 1.54) is 12.8 Å². The molecule has 0 aromatic heterocycles. The highest BCUT2D eigenvalue weighted by atomic mass is 16.3. The first-order valence-corrected chi connectivity index (χ1v) is 6.87. The second-order valence-corrected chi connectivity index (χ2v) is 5.43. The molecule has 0 bridgehead atoms. The SMILES string of the molecule is CN(C)c1ccc(C=N[C@@H]2CCCC[C@H]2N)c(O)c1. The van der Waals surface area contributed by atoms with Crippen molar-refractivity contribution in [2.45, 2.75) is 37.8 Å². The Hall–Kier alpha value is -1.55. The Balaban J connectivity index is 2.10. The van der Waals surface area contributed by atoms with Crippen LogP contribution < -0.4 is 10.6 Å². The van der Waals surface area contributed by atoms with Gasteiger partial charge in [0, 0.05) is 43.7 Å². The quantitative estimate of drug-likeness (QED) is 0.820. The van der Waals surface area contributed by atoms with Gasteiger partial charge in [-0.3, -0.25) is 4.99 Å². The first-order valence-electron chi connectivity index (χ1n) is 6.87. The summed E-state index contributed by atoms with van der Waals surface area (Å²) in [6, 6.07) is 5.97. The van der Waals surface area contributed by atoms with E-state index in [0.717, 1.165) is 24.1 Å². The molecule has 0 saturated heterocycles. The Kier molecular flexibility index (Phi) is 4.43. The smallest absolute Gasteiger partial charge is 0.126 e. The lowest BCUT2D eigenvalue weighted by Crippen LogP contribution is -2.36. The van der Waals surface area contributed by atoms with E-state index < -0.39 is 0 Å². The molecule has 4 nitrogen and oxygen atoms in total. The van der Waals surface area contributed by atoms with Crippen LogP contribution in [0, 0.1) is 0 Å². The van der Waals surface area contributed by atoms with Crippen molar-refractivity contribution in [1.82, 2.24) is 0 Å². The maximum Gasteiger partial charge on any atom is 0.126 e. The maximum absolute atomic E-state index is 9.99. The van der Waals surface area contributed by atoms with Crippen molar-refractivity contribution in [2.24, 2.45) is 10.7 Å². The summed E-state index contributed by atoms with van der Waals surface area (Å²) in [4.78, 5) is 6.50. The van der Waals surface area contributed by atoms with Crippen LogP contribution in [0.5, 0.6) is 5.75 Å². The highest BCUT2D eigenvalue weighted by Crippen LogP contribution is 2.23. The fourth-order valence-electron chi connectivity index (χ4n) is 2.42. The van der Waals surface area contributed by atoms with E-state index >= 15 is 0 Å². The van der Waals surface area contributed by atoms with Crippen LogP contribution in [0.25, 0.3) is 0 Å². The number of phenolic OH excluding ortho intramolecular Hbond substituents is 1. The van der Waals surface area contributed by atoms with Crippen LogP contribution in [-0.2, 0) is 0 Å². The van der Waals surface area contributed by atoms with Crippen LogP contribution in [0.15, 0.2) is 23.2 Å². The lowest BCUT2D eigenvalue weighted by Gasteiger charge is -2.25. The van der Waals surface area contributed by atoms with Crippen LogP contribution in [0.4, 0.5) is 5.69 Å². The molecule has 0 spiro atoms. The van der Waals surface area contributed by atoms with Gasteiger partial charge in [-0.2, -0.15) is 0 Å². The standard InChI is InChI=1S/C15H23N3O/c1-18(2)12-8-7-11(15(19)9-12)10-17-14-6-4-3-5-13(14)16/h7-10,13-14,19H,3-6,16H2,1-2H3/t13-,14-/m1/s1. The average molecular weight is 261 g/mol. The number of anilines is 1. The third-order valence-corrected chi connectivity index (χ3v) is 3.72. The number of aromatic hydroxyl groups is 1. The minimum atomic E-state index is 0.160. The second kappa shape index (κ2) is 6.06. The van der Waals surface area contributed by atoms with Gasteiger partial charge in [-0.1, -0.05) is 12.8 Å². The van der Waals surface area contributed by atoms with Gasteiger partial charge in [0.1, 0.15) is 5.75 Å². The second-order valence-electron chi connectivity index (χ2n) is 5.43. The molecule has 1 aromatic carbocycles. The summed E-state index contributed by atoms with van der Waals surface area (Å²) >= 11 is 0. The number of phenols is 1. The van der Waals surface area contributed by atoms with Crippen LogP contribution in [0.2, 0.25) is 0 Å². The molecule has 0 heterocycles. The summed E-state index contributed by atoms with van der Waals surface area (Å²) in [5.74, 6) is 0.263. The molecule has 3 N–H and O–H groups in total. The zero-order valence-electron chi connectivity index (χ0n) is 11.7. The summed E-state index contributed by atoms with van der Waals surface area (Å²) in [6.45, 7) is 0. The monoisotopic (exact) mass is 261 g/mol. The van der Waals surface area contributed by atoms with Crippen molar-refractivity contribution >= 4 is 11.9 Å². The molecule has 1 saturated carbocycles. The molecule has 104 valence electrons. The molecule has 1 aliphatic rings. The van der Waals surface area contributed by atoms with Crippen LogP contribution in [0.3, 0.4) is 0 Å². The van der Waals surface area contributed by atoms with Gasteiger partial charge in [0.2, 0.25) is 0 Å². The van der Waals surface area contributed by atoms with Gasteiger partial charge in [0.15, 0.2) is 0 Å². The molecule has 2 atom stereocenters.